The largest absolute Gasteiger partial charge is 0.398 e. The van der Waals surface area contributed by atoms with E-state index in [2.05, 4.69) is 10.3 Å². The van der Waals surface area contributed by atoms with Crippen molar-refractivity contribution in [2.24, 2.45) is 0 Å². The van der Waals surface area contributed by atoms with Crippen LogP contribution in [0.3, 0.4) is 0 Å². The Labute approximate surface area is 93.0 Å². The lowest BCUT2D eigenvalue weighted by Gasteiger charge is -2.03. The number of aromatic nitrogens is 1. The number of nitrogens with one attached hydrogen (secondary N) is 1. The van der Waals surface area contributed by atoms with Gasteiger partial charge in [0.05, 0.1) is 0 Å². The molecule has 0 aromatic carbocycles. The fourth-order valence-corrected chi connectivity index (χ4v) is 2.08. The Balaban J connectivity index is 1.83. The van der Waals surface area contributed by atoms with Crippen molar-refractivity contribution in [1.29, 1.82) is 0 Å². The Hall–Kier alpha value is -1.39. The summed E-state index contributed by atoms with van der Waals surface area (Å²) in [7, 11) is 0. The van der Waals surface area contributed by atoms with Gasteiger partial charge in [-0.05, 0) is 29.1 Å². The molecule has 2 heterocycles. The number of nitrogens with two attached hydrogens (primary N) is 1. The average molecular weight is 219 g/mol. The van der Waals surface area contributed by atoms with Crippen LogP contribution in [0, 0.1) is 0 Å². The molecule has 0 radical (unpaired) electrons. The molecule has 0 aliphatic rings. The molecule has 3 nitrogen and oxygen atoms in total. The van der Waals surface area contributed by atoms with Crippen LogP contribution in [0.5, 0.6) is 0 Å². The number of pyridine rings is 1. The van der Waals surface area contributed by atoms with Gasteiger partial charge in [-0.1, -0.05) is 0 Å². The minimum absolute atomic E-state index is 0.825. The lowest BCUT2D eigenvalue weighted by atomic mass is 10.2. The molecule has 2 aromatic heterocycles. The average Bonchev–Trinajstić information content (AvgIpc) is 2.66. The molecule has 0 atom stereocenters. The van der Waals surface area contributed by atoms with Crippen LogP contribution >= 0.6 is 11.3 Å². The van der Waals surface area contributed by atoms with Gasteiger partial charge in [0.2, 0.25) is 0 Å². The summed E-state index contributed by atoms with van der Waals surface area (Å²) in [4.78, 5) is 5.17. The summed E-state index contributed by atoms with van der Waals surface area (Å²) in [5.41, 5.74) is 7.89. The summed E-state index contributed by atoms with van der Waals surface area (Å²) in [6.45, 7) is 1.67. The quantitative estimate of drug-likeness (QED) is 0.827. The zero-order valence-corrected chi connectivity index (χ0v) is 9.13. The minimum Gasteiger partial charge on any atom is -0.398 e. The summed E-state index contributed by atoms with van der Waals surface area (Å²) in [6, 6.07) is 5.95. The van der Waals surface area contributed by atoms with E-state index in [1.807, 2.05) is 23.6 Å². The van der Waals surface area contributed by atoms with Crippen LogP contribution in [0.4, 0.5) is 5.69 Å². The van der Waals surface area contributed by atoms with Crippen molar-refractivity contribution in [1.82, 2.24) is 10.3 Å². The number of anilines is 1. The molecule has 0 aliphatic heterocycles. The first-order chi connectivity index (χ1) is 7.36. The molecule has 4 heteroatoms. The van der Waals surface area contributed by atoms with Crippen LogP contribution in [0.1, 0.15) is 10.4 Å². The standard InChI is InChI=1S/C11H13N3S/c12-10-3-6-15-11(10)8-14-7-9-1-4-13-5-2-9/h1-6,14H,7-8,12H2. The van der Waals surface area contributed by atoms with Crippen molar-refractivity contribution >= 4 is 17.0 Å². The van der Waals surface area contributed by atoms with Crippen LogP contribution < -0.4 is 11.1 Å². The first-order valence-corrected chi connectivity index (χ1v) is 5.65. The number of hydrogen-bond acceptors (Lipinski definition) is 4. The lowest BCUT2D eigenvalue weighted by Crippen LogP contribution is -2.12. The molecule has 15 heavy (non-hydrogen) atoms. The van der Waals surface area contributed by atoms with E-state index < -0.39 is 0 Å². The first-order valence-electron chi connectivity index (χ1n) is 4.78. The molecular formula is C11H13N3S. The smallest absolute Gasteiger partial charge is 0.0468 e. The van der Waals surface area contributed by atoms with Gasteiger partial charge in [-0.3, -0.25) is 4.98 Å². The van der Waals surface area contributed by atoms with Gasteiger partial charge in [0.15, 0.2) is 0 Å². The zero-order chi connectivity index (χ0) is 10.5. The van der Waals surface area contributed by atoms with Crippen molar-refractivity contribution in [3.8, 4) is 0 Å². The molecule has 0 aliphatic carbocycles. The van der Waals surface area contributed by atoms with Crippen molar-refractivity contribution in [3.63, 3.8) is 0 Å². The van der Waals surface area contributed by atoms with Crippen LogP contribution in [0.2, 0.25) is 0 Å². The van der Waals surface area contributed by atoms with Crippen LogP contribution in [-0.4, -0.2) is 4.98 Å². The monoisotopic (exact) mass is 219 g/mol. The minimum atomic E-state index is 0.825. The highest BCUT2D eigenvalue weighted by Crippen LogP contribution is 2.18. The molecule has 0 unspecified atom stereocenters. The van der Waals surface area contributed by atoms with E-state index in [1.165, 1.54) is 10.4 Å². The van der Waals surface area contributed by atoms with Crippen molar-refractivity contribution in [2.45, 2.75) is 13.1 Å². The molecule has 0 amide bonds. The van der Waals surface area contributed by atoms with Gasteiger partial charge in [-0.2, -0.15) is 0 Å². The SMILES string of the molecule is Nc1ccsc1CNCc1ccncc1. The van der Waals surface area contributed by atoms with E-state index in [-0.39, 0.29) is 0 Å². The van der Waals surface area contributed by atoms with Crippen molar-refractivity contribution in [3.05, 3.63) is 46.4 Å². The maximum Gasteiger partial charge on any atom is 0.0468 e. The Morgan fingerprint density at radius 1 is 1.20 bits per heavy atom. The second-order valence-corrected chi connectivity index (χ2v) is 4.26. The highest BCUT2D eigenvalue weighted by molar-refractivity contribution is 7.10. The maximum atomic E-state index is 5.78. The predicted molar refractivity (Wildman–Crippen MR) is 63.5 cm³/mol. The fraction of sp³-hybridized carbons (Fsp3) is 0.182. The lowest BCUT2D eigenvalue weighted by molar-refractivity contribution is 0.701. The molecule has 2 aromatic rings. The van der Waals surface area contributed by atoms with Gasteiger partial charge in [0.1, 0.15) is 0 Å². The number of thiophene rings is 1. The van der Waals surface area contributed by atoms with Crippen molar-refractivity contribution < 1.29 is 0 Å². The van der Waals surface area contributed by atoms with E-state index in [0.29, 0.717) is 0 Å². The third-order valence-electron chi connectivity index (χ3n) is 2.14. The molecule has 0 bridgehead atoms. The first kappa shape index (κ1) is 10.1. The van der Waals surface area contributed by atoms with Gasteiger partial charge in [0.25, 0.3) is 0 Å². The third-order valence-corrected chi connectivity index (χ3v) is 3.08. The number of hydrogen-bond donors (Lipinski definition) is 2. The predicted octanol–water partition coefficient (Wildman–Crippen LogP) is 2.02. The van der Waals surface area contributed by atoms with Crippen LogP contribution in [0.25, 0.3) is 0 Å². The third kappa shape index (κ3) is 2.78. The van der Waals surface area contributed by atoms with E-state index in [0.717, 1.165) is 18.8 Å². The molecule has 0 fully saturated rings. The van der Waals surface area contributed by atoms with E-state index >= 15 is 0 Å². The summed E-state index contributed by atoms with van der Waals surface area (Å²) >= 11 is 1.68. The summed E-state index contributed by atoms with van der Waals surface area (Å²) in [6.07, 6.45) is 3.60. The molecule has 0 saturated heterocycles. The molecule has 3 N–H and O–H groups in total. The Bertz CT molecular complexity index is 411. The normalized spacial score (nSPS) is 10.4. The molecule has 0 saturated carbocycles. The summed E-state index contributed by atoms with van der Waals surface area (Å²) < 4.78 is 0. The molecule has 2 rings (SSSR count). The van der Waals surface area contributed by atoms with Gasteiger partial charge in [-0.25, -0.2) is 0 Å². The van der Waals surface area contributed by atoms with Gasteiger partial charge in [-0.15, -0.1) is 11.3 Å². The van der Waals surface area contributed by atoms with Gasteiger partial charge < -0.3 is 11.1 Å². The van der Waals surface area contributed by atoms with E-state index in [9.17, 15) is 0 Å². The number of nitrogen functional groups attached to an aromatic ring is 1. The summed E-state index contributed by atoms with van der Waals surface area (Å²) in [5.74, 6) is 0. The van der Waals surface area contributed by atoms with E-state index in [4.69, 9.17) is 5.73 Å². The van der Waals surface area contributed by atoms with Crippen LogP contribution in [0.15, 0.2) is 36.0 Å². The fourth-order valence-electron chi connectivity index (χ4n) is 1.32. The number of rotatable bonds is 4. The zero-order valence-electron chi connectivity index (χ0n) is 8.31. The van der Waals surface area contributed by atoms with E-state index in [1.54, 1.807) is 23.7 Å². The van der Waals surface area contributed by atoms with Crippen molar-refractivity contribution in [2.75, 3.05) is 5.73 Å². The molecular weight excluding hydrogens is 206 g/mol. The second kappa shape index (κ2) is 4.91. The molecule has 78 valence electrons. The Morgan fingerprint density at radius 3 is 2.67 bits per heavy atom. The Kier molecular flexibility index (Phi) is 3.32. The maximum absolute atomic E-state index is 5.78. The van der Waals surface area contributed by atoms with Gasteiger partial charge in [0, 0.05) is 36.0 Å². The summed E-state index contributed by atoms with van der Waals surface area (Å²) in [5, 5.41) is 5.36. The highest BCUT2D eigenvalue weighted by atomic mass is 32.1. The van der Waals surface area contributed by atoms with Gasteiger partial charge >= 0.3 is 0 Å². The topological polar surface area (TPSA) is 50.9 Å². The second-order valence-electron chi connectivity index (χ2n) is 3.26. The molecule has 0 spiro atoms. The number of nitrogens with zero attached hydrogens (tertiary/aromatic N) is 1. The Morgan fingerprint density at radius 2 is 2.00 bits per heavy atom. The highest BCUT2D eigenvalue weighted by Gasteiger charge is 1.99. The van der Waals surface area contributed by atoms with Crippen LogP contribution in [-0.2, 0) is 13.1 Å².